The maximum atomic E-state index is 6.06. The summed E-state index contributed by atoms with van der Waals surface area (Å²) in [5, 5.41) is 8.13. The summed E-state index contributed by atoms with van der Waals surface area (Å²) in [6.45, 7) is 4.15. The third-order valence-electron chi connectivity index (χ3n) is 4.72. The Morgan fingerprint density at radius 2 is 1.84 bits per heavy atom. The third-order valence-corrected chi connectivity index (χ3v) is 4.97. The van der Waals surface area contributed by atoms with Gasteiger partial charge in [-0.1, -0.05) is 30.7 Å². The van der Waals surface area contributed by atoms with Gasteiger partial charge in [0.2, 0.25) is 0 Å². The number of benzene rings is 1. The number of pyridine rings is 1. The standard InChI is InChI=1S/C19H19ClN4.ClH/c1-2-16-12-24-17(11-22-16)18(13-7-9-21-10-8-13)19(23-24)14-3-5-15(20)6-4-14;/h3-10,16,22H,2,11-12H2,1H3;1H. The highest BCUT2D eigenvalue weighted by Gasteiger charge is 2.27. The lowest BCUT2D eigenvalue weighted by molar-refractivity contribution is -0.712. The Morgan fingerprint density at radius 3 is 2.52 bits per heavy atom. The first kappa shape index (κ1) is 17.9. The molecule has 3 heterocycles. The number of nitrogens with two attached hydrogens (primary N) is 1. The fraction of sp³-hybridized carbons (Fsp3) is 0.263. The Labute approximate surface area is 158 Å². The van der Waals surface area contributed by atoms with Crippen molar-refractivity contribution < 1.29 is 17.7 Å². The molecule has 1 aromatic carbocycles. The van der Waals surface area contributed by atoms with Crippen LogP contribution in [0.5, 0.6) is 0 Å². The van der Waals surface area contributed by atoms with Gasteiger partial charge in [-0.05, 0) is 36.2 Å². The molecule has 25 heavy (non-hydrogen) atoms. The summed E-state index contributed by atoms with van der Waals surface area (Å²) in [5.74, 6) is 0. The van der Waals surface area contributed by atoms with E-state index in [1.54, 1.807) is 0 Å². The van der Waals surface area contributed by atoms with E-state index in [0.717, 1.165) is 35.8 Å². The van der Waals surface area contributed by atoms with Crippen LogP contribution >= 0.6 is 11.6 Å². The minimum absolute atomic E-state index is 0. The molecule has 2 N–H and O–H groups in total. The Bertz CT molecular complexity index is 844. The molecule has 130 valence electrons. The van der Waals surface area contributed by atoms with Gasteiger partial charge in [0, 0.05) is 28.5 Å². The summed E-state index contributed by atoms with van der Waals surface area (Å²) < 4.78 is 2.19. The molecule has 0 bridgehead atoms. The molecule has 0 aliphatic carbocycles. The Kier molecular flexibility index (Phi) is 5.42. The topological polar surface area (TPSA) is 47.3 Å². The van der Waals surface area contributed by atoms with Crippen LogP contribution in [0, 0.1) is 0 Å². The second-order valence-corrected chi connectivity index (χ2v) is 6.64. The largest absolute Gasteiger partial charge is 1.00 e. The monoisotopic (exact) mass is 374 g/mol. The van der Waals surface area contributed by atoms with Crippen molar-refractivity contribution in [3.8, 4) is 22.4 Å². The van der Waals surface area contributed by atoms with E-state index in [1.807, 2.05) is 36.7 Å². The number of halogens is 2. The first-order valence-corrected chi connectivity index (χ1v) is 8.73. The number of nitrogens with zero attached hydrogens (tertiary/aromatic N) is 3. The van der Waals surface area contributed by atoms with Crippen LogP contribution in [0.15, 0.2) is 48.8 Å². The average molecular weight is 375 g/mol. The van der Waals surface area contributed by atoms with E-state index in [0.29, 0.717) is 6.04 Å². The van der Waals surface area contributed by atoms with Gasteiger partial charge >= 0.3 is 0 Å². The number of fused-ring (bicyclic) bond motifs is 1. The average Bonchev–Trinajstić information content (AvgIpc) is 3.01. The lowest BCUT2D eigenvalue weighted by Crippen LogP contribution is -3.00. The molecule has 0 fully saturated rings. The van der Waals surface area contributed by atoms with Crippen molar-refractivity contribution in [2.24, 2.45) is 0 Å². The van der Waals surface area contributed by atoms with Crippen molar-refractivity contribution in [1.82, 2.24) is 14.8 Å². The summed E-state index contributed by atoms with van der Waals surface area (Å²) in [4.78, 5) is 4.15. The van der Waals surface area contributed by atoms with Crippen LogP contribution < -0.4 is 17.7 Å². The molecule has 4 nitrogen and oxygen atoms in total. The van der Waals surface area contributed by atoms with Crippen molar-refractivity contribution in [2.75, 3.05) is 0 Å². The third kappa shape index (κ3) is 3.43. The van der Waals surface area contributed by atoms with Gasteiger partial charge in [0.25, 0.3) is 0 Å². The molecule has 6 heteroatoms. The van der Waals surface area contributed by atoms with Gasteiger partial charge in [0.05, 0.1) is 6.54 Å². The number of aromatic nitrogens is 3. The summed E-state index contributed by atoms with van der Waals surface area (Å²) in [6, 6.07) is 12.6. The molecule has 1 atom stereocenters. The smallest absolute Gasteiger partial charge is 0.119 e. The molecule has 3 aromatic rings. The zero-order chi connectivity index (χ0) is 16.5. The van der Waals surface area contributed by atoms with Crippen LogP contribution in [-0.4, -0.2) is 20.8 Å². The van der Waals surface area contributed by atoms with Crippen LogP contribution in [0.2, 0.25) is 5.02 Å². The summed E-state index contributed by atoms with van der Waals surface area (Å²) >= 11 is 6.06. The van der Waals surface area contributed by atoms with E-state index in [1.165, 1.54) is 16.8 Å². The number of quaternary nitrogens is 1. The molecule has 1 unspecified atom stereocenters. The molecule has 1 aliphatic heterocycles. The zero-order valence-electron chi connectivity index (χ0n) is 14.0. The highest BCUT2D eigenvalue weighted by atomic mass is 35.5. The molecule has 0 radical (unpaired) electrons. The van der Waals surface area contributed by atoms with Crippen LogP contribution in [-0.2, 0) is 13.1 Å². The first-order valence-electron chi connectivity index (χ1n) is 8.35. The molecule has 0 saturated heterocycles. The Balaban J connectivity index is 0.00000182. The van der Waals surface area contributed by atoms with Gasteiger partial charge in [-0.3, -0.25) is 9.67 Å². The molecule has 2 aromatic heterocycles. The second kappa shape index (κ2) is 7.56. The minimum Gasteiger partial charge on any atom is -1.00 e. The van der Waals surface area contributed by atoms with Crippen LogP contribution in [0.1, 0.15) is 19.0 Å². The lowest BCUT2D eigenvalue weighted by Gasteiger charge is -2.21. The van der Waals surface area contributed by atoms with E-state index in [-0.39, 0.29) is 12.4 Å². The first-order chi connectivity index (χ1) is 11.8. The van der Waals surface area contributed by atoms with E-state index >= 15 is 0 Å². The number of hydrogen-bond acceptors (Lipinski definition) is 2. The van der Waals surface area contributed by atoms with Crippen molar-refractivity contribution in [2.45, 2.75) is 32.5 Å². The quantitative estimate of drug-likeness (QED) is 0.707. The molecule has 0 spiro atoms. The second-order valence-electron chi connectivity index (χ2n) is 6.20. The minimum atomic E-state index is 0. The van der Waals surface area contributed by atoms with Gasteiger partial charge in [0.15, 0.2) is 0 Å². The molecular weight excluding hydrogens is 355 g/mol. The van der Waals surface area contributed by atoms with Gasteiger partial charge in [-0.15, -0.1) is 0 Å². The molecule has 4 rings (SSSR count). The SMILES string of the molecule is CCC1Cn2nc(-c3ccc(Cl)cc3)c(-c3ccncc3)c2C[NH2+]1.[Cl-]. The number of hydrogen-bond donors (Lipinski definition) is 1. The van der Waals surface area contributed by atoms with Crippen molar-refractivity contribution in [3.05, 3.63) is 59.5 Å². The zero-order valence-corrected chi connectivity index (χ0v) is 15.5. The van der Waals surface area contributed by atoms with E-state index < -0.39 is 0 Å². The van der Waals surface area contributed by atoms with E-state index in [4.69, 9.17) is 16.7 Å². The molecule has 0 saturated carbocycles. The summed E-state index contributed by atoms with van der Waals surface area (Å²) in [6.07, 6.45) is 4.83. The van der Waals surface area contributed by atoms with Crippen LogP contribution in [0.25, 0.3) is 22.4 Å². The van der Waals surface area contributed by atoms with Crippen LogP contribution in [0.3, 0.4) is 0 Å². The van der Waals surface area contributed by atoms with Gasteiger partial charge in [-0.25, -0.2) is 0 Å². The Morgan fingerprint density at radius 1 is 1.12 bits per heavy atom. The number of rotatable bonds is 3. The van der Waals surface area contributed by atoms with E-state index in [2.05, 4.69) is 34.0 Å². The Hall–Kier alpha value is -1.88. The maximum absolute atomic E-state index is 6.06. The van der Waals surface area contributed by atoms with Crippen molar-refractivity contribution in [3.63, 3.8) is 0 Å². The lowest BCUT2D eigenvalue weighted by atomic mass is 9.99. The predicted molar refractivity (Wildman–Crippen MR) is 95.6 cm³/mol. The van der Waals surface area contributed by atoms with Crippen molar-refractivity contribution in [1.29, 1.82) is 0 Å². The van der Waals surface area contributed by atoms with Gasteiger partial charge in [0.1, 0.15) is 24.0 Å². The predicted octanol–water partition coefficient (Wildman–Crippen LogP) is 0.125. The molecule has 1 aliphatic rings. The van der Waals surface area contributed by atoms with Crippen molar-refractivity contribution >= 4 is 11.6 Å². The van der Waals surface area contributed by atoms with Gasteiger partial charge in [-0.2, -0.15) is 5.10 Å². The fourth-order valence-corrected chi connectivity index (χ4v) is 3.48. The summed E-state index contributed by atoms with van der Waals surface area (Å²) in [5.41, 5.74) is 5.79. The molecule has 0 amide bonds. The fourth-order valence-electron chi connectivity index (χ4n) is 3.36. The maximum Gasteiger partial charge on any atom is 0.119 e. The molecular formula is C19H20Cl2N4. The van der Waals surface area contributed by atoms with Gasteiger partial charge < -0.3 is 17.7 Å². The van der Waals surface area contributed by atoms with Crippen LogP contribution in [0.4, 0.5) is 0 Å². The highest BCUT2D eigenvalue weighted by Crippen LogP contribution is 2.35. The normalized spacial score (nSPS) is 16.2. The highest BCUT2D eigenvalue weighted by molar-refractivity contribution is 6.30. The van der Waals surface area contributed by atoms with E-state index in [9.17, 15) is 0 Å². The summed E-state index contributed by atoms with van der Waals surface area (Å²) in [7, 11) is 0.